The topological polar surface area (TPSA) is 0 Å². The van der Waals surface area contributed by atoms with Gasteiger partial charge in [0.25, 0.3) is 0 Å². The molecular weight excluding hydrogens is 350 g/mol. The molecule has 1 unspecified atom stereocenters. The third-order valence-corrected chi connectivity index (χ3v) is 6.75. The first kappa shape index (κ1) is 21.3. The molecule has 0 amide bonds. The molecule has 2 aliphatic carbocycles. The van der Waals surface area contributed by atoms with E-state index in [1.165, 1.54) is 25.7 Å². The number of hydrogen-bond donors (Lipinski definition) is 0. The van der Waals surface area contributed by atoms with E-state index in [0.717, 1.165) is 38.5 Å². The van der Waals surface area contributed by atoms with Crippen LogP contribution in [0.25, 0.3) is 0 Å². The second kappa shape index (κ2) is 10.4. The standard InChI is InChI=1S/C26H36F2/c1-3-6-20-11-13-21(14-12-20)7-4-5-8-23-17-18-24(26(28)25(23)27)22-15-9-19(2)10-16-22/h4,7,11,17-19,21-22H,3,5-6,8-10,12-16H2,1-2H3/b7-4+. The summed E-state index contributed by atoms with van der Waals surface area (Å²) in [5.41, 5.74) is 2.72. The average Bonchev–Trinajstić information content (AvgIpc) is 2.71. The van der Waals surface area contributed by atoms with Gasteiger partial charge in [0.05, 0.1) is 0 Å². The number of rotatable bonds is 7. The summed E-state index contributed by atoms with van der Waals surface area (Å²) in [5.74, 6) is 0.305. The summed E-state index contributed by atoms with van der Waals surface area (Å²) in [6.07, 6.45) is 18.4. The van der Waals surface area contributed by atoms with E-state index in [1.54, 1.807) is 5.57 Å². The van der Waals surface area contributed by atoms with Crippen molar-refractivity contribution in [2.24, 2.45) is 11.8 Å². The highest BCUT2D eigenvalue weighted by Gasteiger charge is 2.24. The second-order valence-electron chi connectivity index (χ2n) is 9.01. The molecule has 1 fully saturated rings. The Kier molecular flexibility index (Phi) is 7.88. The van der Waals surface area contributed by atoms with Gasteiger partial charge in [0, 0.05) is 0 Å². The molecule has 2 heteroatoms. The molecule has 1 aromatic carbocycles. The van der Waals surface area contributed by atoms with Gasteiger partial charge in [-0.1, -0.05) is 69.0 Å². The maximum atomic E-state index is 14.6. The van der Waals surface area contributed by atoms with E-state index in [4.69, 9.17) is 0 Å². The van der Waals surface area contributed by atoms with Crippen molar-refractivity contribution in [3.05, 3.63) is 58.7 Å². The molecule has 1 atom stereocenters. The number of benzene rings is 1. The fraction of sp³-hybridized carbons (Fsp3) is 0.615. The molecule has 0 spiro atoms. The Hall–Kier alpha value is -1.44. The zero-order chi connectivity index (χ0) is 19.9. The summed E-state index contributed by atoms with van der Waals surface area (Å²) in [5, 5.41) is 0. The van der Waals surface area contributed by atoms with Crippen LogP contribution < -0.4 is 0 Å². The van der Waals surface area contributed by atoms with Gasteiger partial charge in [-0.05, 0) is 80.2 Å². The third kappa shape index (κ3) is 5.55. The van der Waals surface area contributed by atoms with Crippen LogP contribution in [0.2, 0.25) is 0 Å². The van der Waals surface area contributed by atoms with Crippen LogP contribution in [0.1, 0.15) is 95.1 Å². The lowest BCUT2D eigenvalue weighted by Crippen LogP contribution is -2.13. The third-order valence-electron chi connectivity index (χ3n) is 6.75. The van der Waals surface area contributed by atoms with Gasteiger partial charge in [0.1, 0.15) is 0 Å². The molecule has 0 bridgehead atoms. The van der Waals surface area contributed by atoms with Gasteiger partial charge >= 0.3 is 0 Å². The minimum absolute atomic E-state index is 0.191. The van der Waals surface area contributed by atoms with Gasteiger partial charge in [0.15, 0.2) is 11.6 Å². The fourth-order valence-electron chi connectivity index (χ4n) is 4.84. The first-order valence-corrected chi connectivity index (χ1v) is 11.4. The highest BCUT2D eigenvalue weighted by Crippen LogP contribution is 2.37. The first-order valence-electron chi connectivity index (χ1n) is 11.4. The van der Waals surface area contributed by atoms with Crippen LogP contribution in [0.3, 0.4) is 0 Å². The van der Waals surface area contributed by atoms with Gasteiger partial charge < -0.3 is 0 Å². The van der Waals surface area contributed by atoms with Crippen molar-refractivity contribution in [2.75, 3.05) is 0 Å². The average molecular weight is 387 g/mol. The molecule has 3 rings (SSSR count). The molecule has 1 aromatic rings. The molecule has 2 aliphatic rings. The van der Waals surface area contributed by atoms with Gasteiger partial charge in [-0.15, -0.1) is 0 Å². The predicted octanol–water partition coefficient (Wildman–Crippen LogP) is 8.27. The lowest BCUT2D eigenvalue weighted by Gasteiger charge is -2.27. The molecule has 0 heterocycles. The Bertz CT molecular complexity index is 693. The number of halogens is 2. The zero-order valence-electron chi connectivity index (χ0n) is 17.7. The number of allylic oxidation sites excluding steroid dienone is 4. The van der Waals surface area contributed by atoms with E-state index < -0.39 is 11.6 Å². The van der Waals surface area contributed by atoms with Crippen molar-refractivity contribution >= 4 is 0 Å². The summed E-state index contributed by atoms with van der Waals surface area (Å²) in [6, 6.07) is 3.67. The lowest BCUT2D eigenvalue weighted by atomic mass is 9.79. The van der Waals surface area contributed by atoms with Crippen molar-refractivity contribution in [1.29, 1.82) is 0 Å². The summed E-state index contributed by atoms with van der Waals surface area (Å²) in [6.45, 7) is 4.48. The molecule has 28 heavy (non-hydrogen) atoms. The largest absolute Gasteiger partial charge is 0.203 e. The first-order chi connectivity index (χ1) is 13.6. The molecule has 1 saturated carbocycles. The molecule has 0 saturated heterocycles. The van der Waals surface area contributed by atoms with Crippen molar-refractivity contribution in [1.82, 2.24) is 0 Å². The van der Waals surface area contributed by atoms with Crippen molar-refractivity contribution < 1.29 is 8.78 Å². The highest BCUT2D eigenvalue weighted by atomic mass is 19.2. The number of aryl methyl sites for hydroxylation is 1. The minimum Gasteiger partial charge on any atom is -0.203 e. The van der Waals surface area contributed by atoms with Crippen LogP contribution in [-0.2, 0) is 6.42 Å². The molecule has 154 valence electrons. The monoisotopic (exact) mass is 386 g/mol. The summed E-state index contributed by atoms with van der Waals surface area (Å²) < 4.78 is 29.2. The maximum Gasteiger partial charge on any atom is 0.162 e. The van der Waals surface area contributed by atoms with Crippen LogP contribution >= 0.6 is 0 Å². The van der Waals surface area contributed by atoms with Crippen LogP contribution in [-0.4, -0.2) is 0 Å². The Morgan fingerprint density at radius 2 is 1.79 bits per heavy atom. The van der Waals surface area contributed by atoms with E-state index in [1.807, 2.05) is 12.1 Å². The lowest BCUT2D eigenvalue weighted by molar-refractivity contribution is 0.339. The van der Waals surface area contributed by atoms with Crippen molar-refractivity contribution in [2.45, 2.75) is 90.4 Å². The summed E-state index contributed by atoms with van der Waals surface area (Å²) in [7, 11) is 0. The van der Waals surface area contributed by atoms with Crippen LogP contribution in [0, 0.1) is 23.5 Å². The van der Waals surface area contributed by atoms with Gasteiger partial charge in [-0.25, -0.2) is 8.78 Å². The van der Waals surface area contributed by atoms with Crippen molar-refractivity contribution in [3.63, 3.8) is 0 Å². The second-order valence-corrected chi connectivity index (χ2v) is 9.01. The molecule has 0 nitrogen and oxygen atoms in total. The normalized spacial score (nSPS) is 25.9. The zero-order valence-corrected chi connectivity index (χ0v) is 17.7. The Balaban J connectivity index is 1.52. The van der Waals surface area contributed by atoms with E-state index in [9.17, 15) is 8.78 Å². The van der Waals surface area contributed by atoms with Crippen molar-refractivity contribution in [3.8, 4) is 0 Å². The summed E-state index contributed by atoms with van der Waals surface area (Å²) in [4.78, 5) is 0. The highest BCUT2D eigenvalue weighted by molar-refractivity contribution is 5.29. The van der Waals surface area contributed by atoms with E-state index in [2.05, 4.69) is 32.1 Å². The molecular formula is C26H36F2. The van der Waals surface area contributed by atoms with Gasteiger partial charge in [0.2, 0.25) is 0 Å². The fourth-order valence-corrected chi connectivity index (χ4v) is 4.84. The van der Waals surface area contributed by atoms with Crippen LogP contribution in [0.15, 0.2) is 35.9 Å². The molecule has 0 radical (unpaired) electrons. The number of hydrogen-bond acceptors (Lipinski definition) is 0. The Morgan fingerprint density at radius 1 is 1.00 bits per heavy atom. The minimum atomic E-state index is -0.616. The molecule has 0 N–H and O–H groups in total. The smallest absolute Gasteiger partial charge is 0.162 e. The van der Waals surface area contributed by atoms with Gasteiger partial charge in [-0.3, -0.25) is 0 Å². The predicted molar refractivity (Wildman–Crippen MR) is 115 cm³/mol. The summed E-state index contributed by atoms with van der Waals surface area (Å²) >= 11 is 0. The van der Waals surface area contributed by atoms with Gasteiger partial charge in [-0.2, -0.15) is 0 Å². The van der Waals surface area contributed by atoms with Crippen LogP contribution in [0.5, 0.6) is 0 Å². The van der Waals surface area contributed by atoms with E-state index >= 15 is 0 Å². The Labute approximate surface area is 170 Å². The van der Waals surface area contributed by atoms with Crippen LogP contribution in [0.4, 0.5) is 8.78 Å². The quantitative estimate of drug-likeness (QED) is 0.414. The molecule has 0 aliphatic heterocycles. The van der Waals surface area contributed by atoms with E-state index in [0.29, 0.717) is 29.4 Å². The molecule has 0 aromatic heterocycles. The Morgan fingerprint density at radius 3 is 2.46 bits per heavy atom. The van der Waals surface area contributed by atoms with E-state index in [-0.39, 0.29) is 5.92 Å². The SMILES string of the molecule is CCCC1=CCC(/C=C/CCc2ccc(C3CCC(C)CC3)c(F)c2F)CC1. The maximum absolute atomic E-state index is 14.6.